The lowest BCUT2D eigenvalue weighted by Crippen LogP contribution is -2.52. The number of aliphatic carboxylic acids is 1. The molecule has 1 aromatic rings. The van der Waals surface area contributed by atoms with E-state index in [1.807, 2.05) is 11.5 Å². The van der Waals surface area contributed by atoms with Gasteiger partial charge in [0.05, 0.1) is 0 Å². The molecule has 3 atom stereocenters. The minimum atomic E-state index is -1.17. The summed E-state index contributed by atoms with van der Waals surface area (Å²) in [5, 5.41) is 26.1. The van der Waals surface area contributed by atoms with Crippen molar-refractivity contribution in [3.05, 3.63) is 53.5 Å². The van der Waals surface area contributed by atoms with E-state index >= 15 is 0 Å². The summed E-state index contributed by atoms with van der Waals surface area (Å²) < 4.78 is 0. The molecule has 0 aliphatic carbocycles. The highest BCUT2D eigenvalue weighted by molar-refractivity contribution is 8.03. The van der Waals surface area contributed by atoms with Crippen molar-refractivity contribution in [1.29, 1.82) is 0 Å². The normalized spacial score (nSPS) is 18.0. The van der Waals surface area contributed by atoms with E-state index in [0.717, 1.165) is 6.42 Å². The molecule has 0 aromatic heterocycles. The van der Waals surface area contributed by atoms with Gasteiger partial charge in [0.2, 0.25) is 11.8 Å². The van der Waals surface area contributed by atoms with Gasteiger partial charge in [0.25, 0.3) is 0 Å². The molecule has 0 fully saturated rings. The number of hydrogen-bond acceptors (Lipinski definition) is 5. The molecule has 1 aliphatic heterocycles. The number of allylic oxidation sites excluding steroid dienone is 2. The van der Waals surface area contributed by atoms with E-state index < -0.39 is 29.9 Å². The molecular weight excluding hydrogens is 380 g/mol. The Bertz CT molecular complexity index is 752. The van der Waals surface area contributed by atoms with Crippen molar-refractivity contribution in [2.24, 2.45) is 0 Å². The summed E-state index contributed by atoms with van der Waals surface area (Å²) in [4.78, 5) is 36.3. The zero-order valence-electron chi connectivity index (χ0n) is 15.5. The molecule has 8 heteroatoms. The van der Waals surface area contributed by atoms with Gasteiger partial charge in [0.15, 0.2) is 0 Å². The smallest absolute Gasteiger partial charge is 0.326 e. The van der Waals surface area contributed by atoms with Gasteiger partial charge in [-0.15, -0.1) is 11.8 Å². The third-order valence-electron chi connectivity index (χ3n) is 4.21. The molecule has 1 unspecified atom stereocenters. The molecule has 4 N–H and O–H groups in total. The molecule has 1 aromatic carbocycles. The van der Waals surface area contributed by atoms with E-state index in [1.165, 1.54) is 18.2 Å². The summed E-state index contributed by atoms with van der Waals surface area (Å²) in [6.07, 6.45) is 6.16. The minimum Gasteiger partial charge on any atom is -0.508 e. The van der Waals surface area contributed by atoms with Crippen molar-refractivity contribution < 1.29 is 24.6 Å². The minimum absolute atomic E-state index is 0.0661. The summed E-state index contributed by atoms with van der Waals surface area (Å²) in [6.45, 7) is 1.70. The standard InChI is InChI=1S/C20H24N2O5S/c1-2-4-18(24)21-16(12-15-5-3-10-28-15)19(25)22-17(20(26)27)11-13-6-8-14(23)9-7-13/h2-4,6-10,15-17,23H,5,11-12H2,1H3,(H,21,24)(H,22,25)(H,26,27)/b4-2+/t15?,16-,17-/m0/s1. The molecule has 2 rings (SSSR count). The molecule has 1 aliphatic rings. The summed E-state index contributed by atoms with van der Waals surface area (Å²) in [6, 6.07) is 4.14. The van der Waals surface area contributed by atoms with Gasteiger partial charge in [-0.25, -0.2) is 4.79 Å². The number of carboxylic acid groups (broad SMARTS) is 1. The van der Waals surface area contributed by atoms with Crippen LogP contribution in [0.5, 0.6) is 5.75 Å². The van der Waals surface area contributed by atoms with Crippen molar-refractivity contribution in [1.82, 2.24) is 10.6 Å². The SMILES string of the molecule is C/C=C/C(=O)N[C@@H](CC1CC=CS1)C(=O)N[C@@H](Cc1ccc(O)cc1)C(=O)O. The number of nitrogens with one attached hydrogen (secondary N) is 2. The first-order valence-electron chi connectivity index (χ1n) is 8.93. The average Bonchev–Trinajstić information content (AvgIpc) is 3.15. The molecule has 0 saturated carbocycles. The molecule has 7 nitrogen and oxygen atoms in total. The molecule has 150 valence electrons. The van der Waals surface area contributed by atoms with E-state index in [4.69, 9.17) is 0 Å². The van der Waals surface area contributed by atoms with Gasteiger partial charge in [0.1, 0.15) is 17.8 Å². The van der Waals surface area contributed by atoms with Crippen LogP contribution in [-0.4, -0.2) is 45.3 Å². The van der Waals surface area contributed by atoms with E-state index in [0.29, 0.717) is 12.0 Å². The molecule has 1 heterocycles. The van der Waals surface area contributed by atoms with E-state index in [9.17, 15) is 24.6 Å². The fraction of sp³-hybridized carbons (Fsp3) is 0.350. The van der Waals surface area contributed by atoms with Crippen LogP contribution in [0.25, 0.3) is 0 Å². The Morgan fingerprint density at radius 3 is 2.50 bits per heavy atom. The number of hydrogen-bond donors (Lipinski definition) is 4. The van der Waals surface area contributed by atoms with Crippen LogP contribution >= 0.6 is 11.8 Å². The van der Waals surface area contributed by atoms with E-state index in [2.05, 4.69) is 10.6 Å². The quantitative estimate of drug-likeness (QED) is 0.468. The van der Waals surface area contributed by atoms with Crippen LogP contribution in [0.15, 0.2) is 47.9 Å². The molecule has 0 radical (unpaired) electrons. The Kier molecular flexibility index (Phi) is 8.13. The first-order chi connectivity index (χ1) is 13.4. The maximum atomic E-state index is 12.7. The van der Waals surface area contributed by atoms with Gasteiger partial charge < -0.3 is 20.8 Å². The van der Waals surface area contributed by atoms with Crippen LogP contribution in [0.1, 0.15) is 25.3 Å². The number of rotatable bonds is 9. The van der Waals surface area contributed by atoms with Crippen molar-refractivity contribution in [2.75, 3.05) is 0 Å². The van der Waals surface area contributed by atoms with Crippen molar-refractivity contribution in [3.8, 4) is 5.75 Å². The van der Waals surface area contributed by atoms with Crippen molar-refractivity contribution >= 4 is 29.5 Å². The van der Waals surface area contributed by atoms with Crippen LogP contribution in [0, 0.1) is 0 Å². The highest BCUT2D eigenvalue weighted by Gasteiger charge is 2.29. The Balaban J connectivity index is 2.07. The highest BCUT2D eigenvalue weighted by Crippen LogP contribution is 2.27. The predicted molar refractivity (Wildman–Crippen MR) is 108 cm³/mol. The monoisotopic (exact) mass is 404 g/mol. The number of thioether (sulfide) groups is 1. The van der Waals surface area contributed by atoms with Crippen LogP contribution in [0.2, 0.25) is 0 Å². The van der Waals surface area contributed by atoms with Gasteiger partial charge >= 0.3 is 5.97 Å². The van der Waals surface area contributed by atoms with Gasteiger partial charge in [0, 0.05) is 11.7 Å². The number of carbonyl (C=O) groups is 3. The third-order valence-corrected chi connectivity index (χ3v) is 5.33. The van der Waals surface area contributed by atoms with Gasteiger partial charge in [-0.2, -0.15) is 0 Å². The Morgan fingerprint density at radius 2 is 1.93 bits per heavy atom. The number of phenolic OH excluding ortho intramolecular Hbond substituents is 1. The maximum absolute atomic E-state index is 12.7. The summed E-state index contributed by atoms with van der Waals surface area (Å²) in [5.74, 6) is -2.02. The molecule has 28 heavy (non-hydrogen) atoms. The van der Waals surface area contributed by atoms with Gasteiger partial charge in [-0.05, 0) is 48.9 Å². The summed E-state index contributed by atoms with van der Waals surface area (Å²) >= 11 is 1.59. The van der Waals surface area contributed by atoms with Crippen molar-refractivity contribution in [3.63, 3.8) is 0 Å². The second kappa shape index (κ2) is 10.6. The van der Waals surface area contributed by atoms with E-state index in [-0.39, 0.29) is 17.4 Å². The lowest BCUT2D eigenvalue weighted by atomic mass is 10.0. The summed E-state index contributed by atoms with van der Waals surface area (Å²) in [5.41, 5.74) is 0.663. The lowest BCUT2D eigenvalue weighted by Gasteiger charge is -2.23. The van der Waals surface area contributed by atoms with Crippen molar-refractivity contribution in [2.45, 2.75) is 43.5 Å². The molecule has 0 saturated heterocycles. The maximum Gasteiger partial charge on any atom is 0.326 e. The Morgan fingerprint density at radius 1 is 1.21 bits per heavy atom. The number of amides is 2. The number of phenols is 1. The van der Waals surface area contributed by atoms with Crippen LogP contribution in [-0.2, 0) is 20.8 Å². The predicted octanol–water partition coefficient (Wildman–Crippen LogP) is 1.97. The first-order valence-corrected chi connectivity index (χ1v) is 9.88. The van der Waals surface area contributed by atoms with Crippen LogP contribution in [0.4, 0.5) is 0 Å². The lowest BCUT2D eigenvalue weighted by molar-refractivity contribution is -0.142. The highest BCUT2D eigenvalue weighted by atomic mass is 32.2. The van der Waals surface area contributed by atoms with Gasteiger partial charge in [-0.1, -0.05) is 24.3 Å². The number of carboxylic acids is 1. The molecule has 2 amide bonds. The number of benzene rings is 1. The summed E-state index contributed by atoms with van der Waals surface area (Å²) in [7, 11) is 0. The van der Waals surface area contributed by atoms with E-state index in [1.54, 1.807) is 36.9 Å². The second-order valence-corrected chi connectivity index (χ2v) is 7.64. The van der Waals surface area contributed by atoms with Crippen LogP contribution < -0.4 is 10.6 Å². The fourth-order valence-corrected chi connectivity index (χ4v) is 3.76. The molecule has 0 bridgehead atoms. The van der Waals surface area contributed by atoms with Crippen LogP contribution in [0.3, 0.4) is 0 Å². The number of aromatic hydroxyl groups is 1. The molecule has 0 spiro atoms. The van der Waals surface area contributed by atoms with Gasteiger partial charge in [-0.3, -0.25) is 9.59 Å². The average molecular weight is 404 g/mol. The Hall–Kier alpha value is -2.74. The largest absolute Gasteiger partial charge is 0.508 e. The number of carbonyl (C=O) groups excluding carboxylic acids is 2. The first kappa shape index (κ1) is 21.6. The zero-order valence-corrected chi connectivity index (χ0v) is 16.3. The topological polar surface area (TPSA) is 116 Å². The zero-order chi connectivity index (χ0) is 20.5. The second-order valence-electron chi connectivity index (χ2n) is 6.43. The fourth-order valence-electron chi connectivity index (χ4n) is 2.79. The Labute approximate surface area is 167 Å². The molecular formula is C20H24N2O5S. The third kappa shape index (κ3) is 6.77.